The molecule has 8 nitrogen and oxygen atoms in total. The third-order valence-corrected chi connectivity index (χ3v) is 10.1. The summed E-state index contributed by atoms with van der Waals surface area (Å²) >= 11 is 12.3. The van der Waals surface area contributed by atoms with Crippen molar-refractivity contribution in [2.45, 2.75) is 30.7 Å². The van der Waals surface area contributed by atoms with E-state index in [1.54, 1.807) is 54.6 Å². The number of hydrogen-bond acceptors (Lipinski definition) is 5. The van der Waals surface area contributed by atoms with Gasteiger partial charge in [0.1, 0.15) is 0 Å². The van der Waals surface area contributed by atoms with Crippen molar-refractivity contribution in [2.75, 3.05) is 29.0 Å². The first-order valence-electron chi connectivity index (χ1n) is 11.9. The summed E-state index contributed by atoms with van der Waals surface area (Å²) in [5.41, 5.74) is 1.70. The average Bonchev–Trinajstić information content (AvgIpc) is 2.89. The lowest BCUT2D eigenvalue weighted by Crippen LogP contribution is -2.35. The number of piperidine rings is 1. The Hall–Kier alpha value is -2.63. The second-order valence-electron chi connectivity index (χ2n) is 8.98. The zero-order valence-electron chi connectivity index (χ0n) is 20.6. The zero-order chi connectivity index (χ0) is 27.5. The smallest absolute Gasteiger partial charge is 0.255 e. The zero-order valence-corrected chi connectivity index (χ0v) is 23.7. The lowest BCUT2D eigenvalue weighted by Gasteiger charge is -2.25. The SMILES string of the molecule is CS(=O)(=O)N(Cc1ccc(C(=O)Nc2ccc(S(=O)(=O)N3CCCCC3)cc2)cc1)c1cccc(Cl)c1Cl. The van der Waals surface area contributed by atoms with E-state index >= 15 is 0 Å². The van der Waals surface area contributed by atoms with Crippen LogP contribution in [0.5, 0.6) is 0 Å². The van der Waals surface area contributed by atoms with Crippen LogP contribution in [0, 0.1) is 0 Å². The third-order valence-electron chi connectivity index (χ3n) is 6.21. The fourth-order valence-corrected chi connectivity index (χ4v) is 7.02. The molecule has 0 unspecified atom stereocenters. The highest BCUT2D eigenvalue weighted by Crippen LogP contribution is 2.34. The maximum absolute atomic E-state index is 12.8. The average molecular weight is 597 g/mol. The van der Waals surface area contributed by atoms with Crippen LogP contribution >= 0.6 is 23.2 Å². The molecule has 0 bridgehead atoms. The number of rotatable bonds is 8. The summed E-state index contributed by atoms with van der Waals surface area (Å²) in [4.78, 5) is 13.0. The number of carbonyl (C=O) groups excluding carboxylic acids is 1. The summed E-state index contributed by atoms with van der Waals surface area (Å²) in [6.45, 7) is 1.03. The van der Waals surface area contributed by atoms with E-state index < -0.39 is 20.0 Å². The molecule has 4 rings (SSSR count). The summed E-state index contributed by atoms with van der Waals surface area (Å²) in [6.07, 6.45) is 3.82. The molecule has 1 fully saturated rings. The molecule has 3 aromatic carbocycles. The van der Waals surface area contributed by atoms with Gasteiger partial charge in [-0.1, -0.05) is 47.8 Å². The first kappa shape index (κ1) is 28.4. The van der Waals surface area contributed by atoms with Crippen molar-refractivity contribution in [3.63, 3.8) is 0 Å². The van der Waals surface area contributed by atoms with Crippen LogP contribution in [0.2, 0.25) is 10.0 Å². The van der Waals surface area contributed by atoms with Crippen molar-refractivity contribution in [2.24, 2.45) is 0 Å². The van der Waals surface area contributed by atoms with Gasteiger partial charge in [0.05, 0.1) is 33.4 Å². The van der Waals surface area contributed by atoms with E-state index in [0.717, 1.165) is 29.8 Å². The number of nitrogens with one attached hydrogen (secondary N) is 1. The molecule has 0 spiro atoms. The summed E-state index contributed by atoms with van der Waals surface area (Å²) in [7, 11) is -7.23. The van der Waals surface area contributed by atoms with Gasteiger partial charge in [-0.2, -0.15) is 4.31 Å². The van der Waals surface area contributed by atoms with E-state index in [0.29, 0.717) is 29.9 Å². The maximum atomic E-state index is 12.8. The number of hydrogen-bond donors (Lipinski definition) is 1. The molecule has 202 valence electrons. The highest BCUT2D eigenvalue weighted by atomic mass is 35.5. The second-order valence-corrected chi connectivity index (χ2v) is 13.6. The lowest BCUT2D eigenvalue weighted by molar-refractivity contribution is 0.102. The monoisotopic (exact) mass is 595 g/mol. The normalized spacial score (nSPS) is 14.7. The quantitative estimate of drug-likeness (QED) is 0.376. The predicted molar refractivity (Wildman–Crippen MR) is 151 cm³/mol. The summed E-state index contributed by atoms with van der Waals surface area (Å²) in [6, 6.07) is 17.3. The molecular formula is C26H27Cl2N3O5S2. The first-order valence-corrected chi connectivity index (χ1v) is 15.9. The number of benzene rings is 3. The fourth-order valence-electron chi connectivity index (χ4n) is 4.16. The van der Waals surface area contributed by atoms with Gasteiger partial charge in [-0.25, -0.2) is 16.8 Å². The van der Waals surface area contributed by atoms with E-state index in [1.807, 2.05) is 0 Å². The van der Waals surface area contributed by atoms with Gasteiger partial charge in [-0.15, -0.1) is 0 Å². The van der Waals surface area contributed by atoms with Crippen LogP contribution in [0.1, 0.15) is 35.2 Å². The molecule has 1 amide bonds. The Kier molecular flexibility index (Phi) is 8.68. The van der Waals surface area contributed by atoms with Gasteiger partial charge < -0.3 is 5.32 Å². The van der Waals surface area contributed by atoms with Gasteiger partial charge in [0.25, 0.3) is 5.91 Å². The van der Waals surface area contributed by atoms with Gasteiger partial charge in [-0.3, -0.25) is 9.10 Å². The number of amides is 1. The molecule has 0 radical (unpaired) electrons. The molecule has 3 aromatic rings. The number of nitrogens with zero attached hydrogens (tertiary/aromatic N) is 2. The fraction of sp³-hybridized carbons (Fsp3) is 0.269. The van der Waals surface area contributed by atoms with Gasteiger partial charge in [0.15, 0.2) is 0 Å². The number of halogens is 2. The van der Waals surface area contributed by atoms with Crippen LogP contribution in [-0.4, -0.2) is 46.4 Å². The van der Waals surface area contributed by atoms with Crippen LogP contribution in [0.4, 0.5) is 11.4 Å². The van der Waals surface area contributed by atoms with E-state index in [4.69, 9.17) is 23.2 Å². The van der Waals surface area contributed by atoms with E-state index in [2.05, 4.69) is 5.32 Å². The largest absolute Gasteiger partial charge is 0.322 e. The third kappa shape index (κ3) is 6.50. The van der Waals surface area contributed by atoms with Gasteiger partial charge in [0, 0.05) is 24.3 Å². The number of carbonyl (C=O) groups is 1. The van der Waals surface area contributed by atoms with E-state index in [-0.39, 0.29) is 33.1 Å². The van der Waals surface area contributed by atoms with E-state index in [9.17, 15) is 21.6 Å². The molecule has 0 aliphatic carbocycles. The van der Waals surface area contributed by atoms with Gasteiger partial charge in [-0.05, 0) is 66.9 Å². The molecule has 1 saturated heterocycles. The Bertz CT molecular complexity index is 1520. The Labute approximate surface area is 233 Å². The van der Waals surface area contributed by atoms with Crippen LogP contribution in [-0.2, 0) is 26.6 Å². The molecular weight excluding hydrogens is 569 g/mol. The van der Waals surface area contributed by atoms with Crippen molar-refractivity contribution in [3.05, 3.63) is 87.9 Å². The summed E-state index contributed by atoms with van der Waals surface area (Å²) in [5.74, 6) is -0.388. The van der Waals surface area contributed by atoms with Crippen LogP contribution in [0.3, 0.4) is 0 Å². The van der Waals surface area contributed by atoms with Crippen molar-refractivity contribution in [3.8, 4) is 0 Å². The second kappa shape index (κ2) is 11.6. The molecule has 1 N–H and O–H groups in total. The first-order chi connectivity index (χ1) is 18.0. The van der Waals surface area contributed by atoms with Gasteiger partial charge in [0.2, 0.25) is 20.0 Å². The maximum Gasteiger partial charge on any atom is 0.255 e. The molecule has 1 aliphatic heterocycles. The van der Waals surface area contributed by atoms with Gasteiger partial charge >= 0.3 is 0 Å². The molecule has 12 heteroatoms. The Balaban J connectivity index is 1.44. The summed E-state index contributed by atoms with van der Waals surface area (Å²) < 4.78 is 53.2. The number of anilines is 2. The number of sulfonamides is 2. The standard InChI is InChI=1S/C26H27Cl2N3O5S2/c1-37(33,34)31(24-7-5-6-23(27)25(24)28)18-19-8-10-20(11-9-19)26(32)29-21-12-14-22(15-13-21)38(35,36)30-16-3-2-4-17-30/h5-15H,2-4,16-18H2,1H3,(H,29,32). The highest BCUT2D eigenvalue weighted by Gasteiger charge is 2.26. The van der Waals surface area contributed by atoms with Crippen molar-refractivity contribution in [1.29, 1.82) is 0 Å². The lowest BCUT2D eigenvalue weighted by atomic mass is 10.1. The van der Waals surface area contributed by atoms with Crippen LogP contribution in [0.15, 0.2) is 71.6 Å². The minimum Gasteiger partial charge on any atom is -0.322 e. The Morgan fingerprint density at radius 1 is 0.895 bits per heavy atom. The van der Waals surface area contributed by atoms with E-state index in [1.165, 1.54) is 16.4 Å². The molecule has 38 heavy (non-hydrogen) atoms. The van der Waals surface area contributed by atoms with Crippen LogP contribution in [0.25, 0.3) is 0 Å². The van der Waals surface area contributed by atoms with Crippen molar-refractivity contribution in [1.82, 2.24) is 4.31 Å². The van der Waals surface area contributed by atoms with Crippen molar-refractivity contribution >= 4 is 60.5 Å². The Morgan fingerprint density at radius 3 is 2.13 bits per heavy atom. The molecule has 0 aromatic heterocycles. The molecule has 0 saturated carbocycles. The molecule has 0 atom stereocenters. The molecule has 1 heterocycles. The minimum atomic E-state index is -3.68. The van der Waals surface area contributed by atoms with Crippen molar-refractivity contribution < 1.29 is 21.6 Å². The summed E-state index contributed by atoms with van der Waals surface area (Å²) in [5, 5.41) is 3.12. The minimum absolute atomic E-state index is 0.00620. The predicted octanol–water partition coefficient (Wildman–Crippen LogP) is 5.39. The topological polar surface area (TPSA) is 104 Å². The highest BCUT2D eigenvalue weighted by molar-refractivity contribution is 7.92. The van der Waals surface area contributed by atoms with Crippen LogP contribution < -0.4 is 9.62 Å². The Morgan fingerprint density at radius 2 is 1.53 bits per heavy atom. The molecule has 1 aliphatic rings.